The zero-order valence-corrected chi connectivity index (χ0v) is 13.6. The predicted molar refractivity (Wildman–Crippen MR) is 89.6 cm³/mol. The van der Waals surface area contributed by atoms with E-state index in [-0.39, 0.29) is 11.4 Å². The molecule has 0 atom stereocenters. The molecule has 2 aromatic heterocycles. The molecule has 0 amide bonds. The van der Waals surface area contributed by atoms with Gasteiger partial charge < -0.3 is 10.2 Å². The van der Waals surface area contributed by atoms with Gasteiger partial charge in [-0.2, -0.15) is 15.0 Å². The lowest BCUT2D eigenvalue weighted by molar-refractivity contribution is 0.0695. The summed E-state index contributed by atoms with van der Waals surface area (Å²) < 4.78 is 1.27. The van der Waals surface area contributed by atoms with Crippen LogP contribution < -0.4 is 0 Å². The first-order valence-electron chi connectivity index (χ1n) is 7.43. The summed E-state index contributed by atoms with van der Waals surface area (Å²) in [7, 11) is 0. The summed E-state index contributed by atoms with van der Waals surface area (Å²) in [6.45, 7) is 3.34. The molecule has 0 saturated carbocycles. The fraction of sp³-hybridized carbons (Fsp3) is 0.111. The Morgan fingerprint density at radius 1 is 1.12 bits per heavy atom. The third-order valence-electron chi connectivity index (χ3n) is 3.86. The van der Waals surface area contributed by atoms with Crippen LogP contribution >= 0.6 is 0 Å². The molecule has 3 rings (SSSR count). The van der Waals surface area contributed by atoms with Gasteiger partial charge in [0.15, 0.2) is 5.82 Å². The van der Waals surface area contributed by atoms with Crippen LogP contribution in [0.3, 0.4) is 0 Å². The van der Waals surface area contributed by atoms with Crippen LogP contribution in [0.15, 0.2) is 36.4 Å². The summed E-state index contributed by atoms with van der Waals surface area (Å²) >= 11 is 0. The number of carbonyl (C=O) groups is 1. The lowest BCUT2D eigenvalue weighted by Crippen LogP contribution is -2.06. The van der Waals surface area contributed by atoms with Gasteiger partial charge in [-0.05, 0) is 43.7 Å². The van der Waals surface area contributed by atoms with Crippen molar-refractivity contribution in [1.82, 2.24) is 14.8 Å². The molecule has 0 aliphatic carbocycles. The Balaban J connectivity index is 2.09. The normalized spacial score (nSPS) is 10.4. The zero-order valence-electron chi connectivity index (χ0n) is 13.6. The van der Waals surface area contributed by atoms with Gasteiger partial charge in [-0.25, -0.2) is 9.78 Å². The molecule has 0 radical (unpaired) electrons. The number of carboxylic acids is 1. The highest BCUT2D eigenvalue weighted by Crippen LogP contribution is 2.34. The fourth-order valence-electron chi connectivity index (χ4n) is 2.62. The van der Waals surface area contributed by atoms with Gasteiger partial charge in [-0.15, -0.1) is 0 Å². The monoisotopic (exact) mass is 334 g/mol. The topological polar surface area (TPSA) is 112 Å². The summed E-state index contributed by atoms with van der Waals surface area (Å²) in [5.41, 5.74) is 2.79. The van der Waals surface area contributed by atoms with Crippen LogP contribution in [0.25, 0.3) is 16.9 Å². The van der Waals surface area contributed by atoms with E-state index in [9.17, 15) is 9.90 Å². The molecule has 124 valence electrons. The lowest BCUT2D eigenvalue weighted by atomic mass is 10.0. The quantitative estimate of drug-likeness (QED) is 0.761. The van der Waals surface area contributed by atoms with E-state index in [2.05, 4.69) is 10.1 Å². The zero-order chi connectivity index (χ0) is 18.1. The fourth-order valence-corrected chi connectivity index (χ4v) is 2.62. The molecule has 0 saturated heterocycles. The number of hydrogen-bond donors (Lipinski definition) is 2. The van der Waals surface area contributed by atoms with E-state index in [1.165, 1.54) is 16.8 Å². The second-order valence-corrected chi connectivity index (χ2v) is 5.49. The van der Waals surface area contributed by atoms with Gasteiger partial charge in [-0.3, -0.25) is 0 Å². The molecule has 7 nitrogen and oxygen atoms in total. The number of aromatic carboxylic acids is 1. The van der Waals surface area contributed by atoms with Crippen LogP contribution in [0.1, 0.15) is 27.3 Å². The van der Waals surface area contributed by atoms with Crippen LogP contribution in [0.5, 0.6) is 5.88 Å². The molecule has 0 aliphatic rings. The molecule has 0 fully saturated rings. The summed E-state index contributed by atoms with van der Waals surface area (Å²) in [5, 5.41) is 32.9. The Morgan fingerprint density at radius 2 is 1.80 bits per heavy atom. The number of hydrogen-bond acceptors (Lipinski definition) is 5. The smallest absolute Gasteiger partial charge is 0.337 e. The minimum absolute atomic E-state index is 0.0967. The first-order chi connectivity index (χ1) is 11.9. The number of nitriles is 1. The van der Waals surface area contributed by atoms with Gasteiger partial charge in [0.1, 0.15) is 0 Å². The van der Waals surface area contributed by atoms with Crippen molar-refractivity contribution < 1.29 is 15.0 Å². The van der Waals surface area contributed by atoms with Crippen molar-refractivity contribution in [3.63, 3.8) is 0 Å². The third-order valence-corrected chi connectivity index (χ3v) is 3.86. The van der Waals surface area contributed by atoms with E-state index in [0.29, 0.717) is 28.3 Å². The van der Waals surface area contributed by atoms with Gasteiger partial charge in [0.2, 0.25) is 5.88 Å². The summed E-state index contributed by atoms with van der Waals surface area (Å²) in [5.74, 6) is -0.837. The molecule has 3 aromatic rings. The minimum atomic E-state index is -1.06. The van der Waals surface area contributed by atoms with Crippen molar-refractivity contribution in [2.24, 2.45) is 0 Å². The van der Waals surface area contributed by atoms with Crippen molar-refractivity contribution >= 4 is 5.97 Å². The number of pyridine rings is 1. The molecule has 7 heteroatoms. The standard InChI is InChI=1S/C18H14N4O3/c1-10-14(18(24)25)7-8-15(20-10)22-17(23)16(11(2)21-22)13-5-3-12(9-19)4-6-13/h3-8,23H,1-2H3,(H,24,25). The summed E-state index contributed by atoms with van der Waals surface area (Å²) in [6.07, 6.45) is 0. The molecular formula is C18H14N4O3. The van der Waals surface area contributed by atoms with Gasteiger partial charge in [0.05, 0.1) is 34.1 Å². The van der Waals surface area contributed by atoms with E-state index < -0.39 is 5.97 Å². The Labute approximate surface area is 143 Å². The maximum absolute atomic E-state index is 11.1. The van der Waals surface area contributed by atoms with E-state index in [1.54, 1.807) is 38.1 Å². The number of aryl methyl sites for hydroxylation is 2. The summed E-state index contributed by atoms with van der Waals surface area (Å²) in [6, 6.07) is 11.8. The van der Waals surface area contributed by atoms with E-state index in [0.717, 1.165) is 5.56 Å². The number of rotatable bonds is 3. The Kier molecular flexibility index (Phi) is 3.95. The molecular weight excluding hydrogens is 320 g/mol. The number of aromatic hydroxyl groups is 1. The molecule has 2 N–H and O–H groups in total. The number of carboxylic acid groups (broad SMARTS) is 1. The van der Waals surface area contributed by atoms with Crippen LogP contribution in [0.2, 0.25) is 0 Å². The maximum Gasteiger partial charge on any atom is 0.337 e. The number of benzene rings is 1. The number of nitrogens with zero attached hydrogens (tertiary/aromatic N) is 4. The van der Waals surface area contributed by atoms with Gasteiger partial charge >= 0.3 is 5.97 Å². The van der Waals surface area contributed by atoms with Crippen molar-refractivity contribution in [3.05, 3.63) is 58.9 Å². The Hall–Kier alpha value is -3.66. The van der Waals surface area contributed by atoms with Crippen molar-refractivity contribution in [1.29, 1.82) is 5.26 Å². The van der Waals surface area contributed by atoms with Crippen LogP contribution in [-0.2, 0) is 0 Å². The first-order valence-corrected chi connectivity index (χ1v) is 7.43. The third kappa shape index (κ3) is 2.81. The van der Waals surface area contributed by atoms with Gasteiger partial charge in [-0.1, -0.05) is 12.1 Å². The Morgan fingerprint density at radius 3 is 2.36 bits per heavy atom. The van der Waals surface area contributed by atoms with Gasteiger partial charge in [0.25, 0.3) is 0 Å². The van der Waals surface area contributed by atoms with E-state index in [4.69, 9.17) is 10.4 Å². The molecule has 1 aromatic carbocycles. The lowest BCUT2D eigenvalue weighted by Gasteiger charge is -2.06. The van der Waals surface area contributed by atoms with E-state index in [1.807, 2.05) is 6.07 Å². The van der Waals surface area contributed by atoms with Crippen LogP contribution in [0, 0.1) is 25.2 Å². The van der Waals surface area contributed by atoms with Crippen LogP contribution in [0.4, 0.5) is 0 Å². The van der Waals surface area contributed by atoms with E-state index >= 15 is 0 Å². The average Bonchev–Trinajstić information content (AvgIpc) is 2.89. The summed E-state index contributed by atoms with van der Waals surface area (Å²) in [4.78, 5) is 15.3. The molecule has 2 heterocycles. The van der Waals surface area contributed by atoms with Crippen molar-refractivity contribution in [2.75, 3.05) is 0 Å². The highest BCUT2D eigenvalue weighted by Gasteiger charge is 2.19. The molecule has 0 bridgehead atoms. The Bertz CT molecular complexity index is 1010. The maximum atomic E-state index is 11.1. The SMILES string of the molecule is Cc1nc(-n2nc(C)c(-c3ccc(C#N)cc3)c2O)ccc1C(=O)O. The average molecular weight is 334 g/mol. The number of aromatic nitrogens is 3. The molecule has 0 aliphatic heterocycles. The van der Waals surface area contributed by atoms with Crippen molar-refractivity contribution in [2.45, 2.75) is 13.8 Å². The largest absolute Gasteiger partial charge is 0.493 e. The highest BCUT2D eigenvalue weighted by molar-refractivity contribution is 5.88. The molecule has 0 spiro atoms. The highest BCUT2D eigenvalue weighted by atomic mass is 16.4. The first kappa shape index (κ1) is 16.2. The van der Waals surface area contributed by atoms with Crippen molar-refractivity contribution in [3.8, 4) is 28.9 Å². The second-order valence-electron chi connectivity index (χ2n) is 5.49. The van der Waals surface area contributed by atoms with Gasteiger partial charge in [0, 0.05) is 0 Å². The van der Waals surface area contributed by atoms with Crippen LogP contribution in [-0.4, -0.2) is 30.9 Å². The molecule has 0 unspecified atom stereocenters. The molecule has 25 heavy (non-hydrogen) atoms. The minimum Gasteiger partial charge on any atom is -0.493 e. The second kappa shape index (κ2) is 6.09. The predicted octanol–water partition coefficient (Wildman–Crippen LogP) is 2.83.